The lowest BCUT2D eigenvalue weighted by Crippen LogP contribution is -2.25. The molecule has 4 heteroatoms. The van der Waals surface area contributed by atoms with Gasteiger partial charge >= 0.3 is 0 Å². The van der Waals surface area contributed by atoms with E-state index in [1.807, 2.05) is 17.8 Å². The van der Waals surface area contributed by atoms with Gasteiger partial charge in [0.25, 0.3) is 0 Å². The van der Waals surface area contributed by atoms with E-state index in [0.29, 0.717) is 0 Å². The Labute approximate surface area is 125 Å². The summed E-state index contributed by atoms with van der Waals surface area (Å²) in [5, 5.41) is 8.83. The van der Waals surface area contributed by atoms with Crippen LogP contribution in [0.1, 0.15) is 17.5 Å². The predicted molar refractivity (Wildman–Crippen MR) is 84.2 cm³/mol. The van der Waals surface area contributed by atoms with Crippen LogP contribution >= 0.6 is 11.8 Å². The van der Waals surface area contributed by atoms with Gasteiger partial charge in [0.2, 0.25) is 0 Å². The molecule has 2 rings (SSSR count). The first-order valence-corrected chi connectivity index (χ1v) is 8.05. The number of methoxy groups -OCH3 is 1. The fourth-order valence-electron chi connectivity index (χ4n) is 2.30. The van der Waals surface area contributed by atoms with Crippen LogP contribution in [-0.2, 0) is 6.54 Å². The summed E-state index contributed by atoms with van der Waals surface area (Å²) in [5.41, 5.74) is 2.10. The molecule has 1 aliphatic rings. The second kappa shape index (κ2) is 8.21. The molecule has 20 heavy (non-hydrogen) atoms. The van der Waals surface area contributed by atoms with Gasteiger partial charge in [-0.3, -0.25) is 4.90 Å². The molecule has 1 saturated heterocycles. The normalized spacial score (nSPS) is 16.1. The summed E-state index contributed by atoms with van der Waals surface area (Å²) >= 11 is 2.04. The van der Waals surface area contributed by atoms with Crippen molar-refractivity contribution in [1.82, 2.24) is 4.90 Å². The maximum Gasteiger partial charge on any atom is 0.134 e. The van der Waals surface area contributed by atoms with Crippen molar-refractivity contribution < 1.29 is 9.84 Å². The molecule has 0 radical (unpaired) electrons. The molecule has 0 spiro atoms. The summed E-state index contributed by atoms with van der Waals surface area (Å²) in [5.74, 6) is 8.90. The van der Waals surface area contributed by atoms with Crippen molar-refractivity contribution in [2.45, 2.75) is 13.0 Å². The number of ether oxygens (including phenoxy) is 1. The molecule has 0 amide bonds. The lowest BCUT2D eigenvalue weighted by molar-refractivity contribution is 0.287. The Morgan fingerprint density at radius 3 is 3.05 bits per heavy atom. The molecule has 1 N–H and O–H groups in total. The number of nitrogens with zero attached hydrogens (tertiary/aromatic N) is 1. The monoisotopic (exact) mass is 291 g/mol. The van der Waals surface area contributed by atoms with Crippen LogP contribution in [0.5, 0.6) is 5.75 Å². The highest BCUT2D eigenvalue weighted by molar-refractivity contribution is 7.99. The quantitative estimate of drug-likeness (QED) is 0.863. The highest BCUT2D eigenvalue weighted by Crippen LogP contribution is 2.20. The Morgan fingerprint density at radius 1 is 1.35 bits per heavy atom. The topological polar surface area (TPSA) is 32.7 Å². The molecule has 0 aromatic heterocycles. The number of hydrogen-bond donors (Lipinski definition) is 1. The number of thioether (sulfide) groups is 1. The third-order valence-corrected chi connectivity index (χ3v) is 4.34. The number of hydrogen-bond acceptors (Lipinski definition) is 4. The number of aliphatic hydroxyl groups is 1. The van der Waals surface area contributed by atoms with E-state index in [0.717, 1.165) is 30.9 Å². The Bertz CT molecular complexity index is 485. The van der Waals surface area contributed by atoms with Crippen molar-refractivity contribution in [2.24, 2.45) is 0 Å². The summed E-state index contributed by atoms with van der Waals surface area (Å²) in [7, 11) is 1.64. The summed E-state index contributed by atoms with van der Waals surface area (Å²) in [6.07, 6.45) is 1.26. The summed E-state index contributed by atoms with van der Waals surface area (Å²) in [6, 6.07) is 6.13. The highest BCUT2D eigenvalue weighted by atomic mass is 32.2. The summed E-state index contributed by atoms with van der Waals surface area (Å²) < 4.78 is 5.31. The Hall–Kier alpha value is -1.15. The van der Waals surface area contributed by atoms with Crippen molar-refractivity contribution in [3.05, 3.63) is 29.3 Å². The highest BCUT2D eigenvalue weighted by Gasteiger charge is 2.10. The Balaban J connectivity index is 2.11. The SMILES string of the molecule is COc1ccc(CN2CCCSCC2)cc1C#CCO. The van der Waals surface area contributed by atoms with Crippen LogP contribution in [0.4, 0.5) is 0 Å². The van der Waals surface area contributed by atoms with Crippen LogP contribution in [0.25, 0.3) is 0 Å². The van der Waals surface area contributed by atoms with E-state index in [-0.39, 0.29) is 6.61 Å². The second-order valence-electron chi connectivity index (χ2n) is 4.74. The third-order valence-electron chi connectivity index (χ3n) is 3.29. The Kier molecular flexibility index (Phi) is 6.25. The molecular formula is C16H21NO2S. The van der Waals surface area contributed by atoms with Crippen molar-refractivity contribution in [2.75, 3.05) is 38.3 Å². The zero-order chi connectivity index (χ0) is 14.2. The zero-order valence-electron chi connectivity index (χ0n) is 11.9. The van der Waals surface area contributed by atoms with Gasteiger partial charge in [0, 0.05) is 18.8 Å². The van der Waals surface area contributed by atoms with Gasteiger partial charge < -0.3 is 9.84 Å². The molecule has 0 aliphatic carbocycles. The second-order valence-corrected chi connectivity index (χ2v) is 5.96. The van der Waals surface area contributed by atoms with Gasteiger partial charge in [0.1, 0.15) is 12.4 Å². The fourth-order valence-corrected chi connectivity index (χ4v) is 3.22. The smallest absolute Gasteiger partial charge is 0.134 e. The van der Waals surface area contributed by atoms with E-state index in [1.54, 1.807) is 7.11 Å². The molecule has 1 aromatic carbocycles. The molecule has 0 saturated carbocycles. The van der Waals surface area contributed by atoms with Gasteiger partial charge in [0.05, 0.1) is 12.7 Å². The number of rotatable bonds is 3. The minimum atomic E-state index is -0.128. The van der Waals surface area contributed by atoms with Crippen molar-refractivity contribution in [1.29, 1.82) is 0 Å². The van der Waals surface area contributed by atoms with Gasteiger partial charge in [-0.15, -0.1) is 0 Å². The van der Waals surface area contributed by atoms with Gasteiger partial charge in [-0.25, -0.2) is 0 Å². The lowest BCUT2D eigenvalue weighted by Gasteiger charge is -2.19. The van der Waals surface area contributed by atoms with Gasteiger partial charge in [-0.2, -0.15) is 11.8 Å². The maximum atomic E-state index is 8.83. The average Bonchev–Trinajstić information content (AvgIpc) is 2.74. The number of aliphatic hydroxyl groups excluding tert-OH is 1. The predicted octanol–water partition coefficient (Wildman–Crippen LogP) is 1.98. The molecule has 0 unspecified atom stereocenters. The average molecular weight is 291 g/mol. The maximum absolute atomic E-state index is 8.83. The molecule has 0 bridgehead atoms. The first-order chi connectivity index (χ1) is 9.83. The van der Waals surface area contributed by atoms with Crippen LogP contribution in [0, 0.1) is 11.8 Å². The fraction of sp³-hybridized carbons (Fsp3) is 0.500. The van der Waals surface area contributed by atoms with E-state index in [9.17, 15) is 0 Å². The minimum absolute atomic E-state index is 0.128. The number of benzene rings is 1. The molecular weight excluding hydrogens is 270 g/mol. The molecule has 0 atom stereocenters. The van der Waals surface area contributed by atoms with Crippen LogP contribution in [0.2, 0.25) is 0 Å². The van der Waals surface area contributed by atoms with Crippen LogP contribution in [-0.4, -0.2) is 48.3 Å². The standard InChI is InChI=1S/C16H21NO2S/c1-19-16-6-5-14(12-15(16)4-2-9-18)13-17-7-3-10-20-11-8-17/h5-6,12,18H,3,7-11,13H2,1H3. The molecule has 3 nitrogen and oxygen atoms in total. The van der Waals surface area contributed by atoms with Gasteiger partial charge in [-0.05, 0) is 36.4 Å². The van der Waals surface area contributed by atoms with E-state index >= 15 is 0 Å². The van der Waals surface area contributed by atoms with Crippen LogP contribution in [0.15, 0.2) is 18.2 Å². The van der Waals surface area contributed by atoms with Crippen LogP contribution in [0.3, 0.4) is 0 Å². The molecule has 108 valence electrons. The largest absolute Gasteiger partial charge is 0.495 e. The lowest BCUT2D eigenvalue weighted by atomic mass is 10.1. The third kappa shape index (κ3) is 4.45. The van der Waals surface area contributed by atoms with Crippen molar-refractivity contribution in [3.63, 3.8) is 0 Å². The molecule has 1 heterocycles. The first kappa shape index (κ1) is 15.2. The Morgan fingerprint density at radius 2 is 2.25 bits per heavy atom. The minimum Gasteiger partial charge on any atom is -0.495 e. The van der Waals surface area contributed by atoms with Crippen molar-refractivity contribution >= 4 is 11.8 Å². The molecule has 1 aliphatic heterocycles. The van der Waals surface area contributed by atoms with E-state index in [2.05, 4.69) is 28.9 Å². The molecule has 1 fully saturated rings. The van der Waals surface area contributed by atoms with E-state index in [1.165, 1.54) is 23.5 Å². The van der Waals surface area contributed by atoms with Crippen molar-refractivity contribution in [3.8, 4) is 17.6 Å². The van der Waals surface area contributed by atoms with Gasteiger partial charge in [-0.1, -0.05) is 17.9 Å². The van der Waals surface area contributed by atoms with Gasteiger partial charge in [0.15, 0.2) is 0 Å². The van der Waals surface area contributed by atoms with E-state index in [4.69, 9.17) is 9.84 Å². The zero-order valence-corrected chi connectivity index (χ0v) is 12.7. The summed E-state index contributed by atoms with van der Waals surface area (Å²) in [6.45, 7) is 3.14. The first-order valence-electron chi connectivity index (χ1n) is 6.90. The summed E-state index contributed by atoms with van der Waals surface area (Å²) in [4.78, 5) is 2.49. The van der Waals surface area contributed by atoms with E-state index < -0.39 is 0 Å². The van der Waals surface area contributed by atoms with Crippen LogP contribution < -0.4 is 4.74 Å². The molecule has 1 aromatic rings.